The molecule has 154 valence electrons. The zero-order chi connectivity index (χ0) is 20.1. The summed E-state index contributed by atoms with van der Waals surface area (Å²) in [6.07, 6.45) is 3.80. The molecule has 0 radical (unpaired) electrons. The number of nitrogens with zero attached hydrogens (tertiary/aromatic N) is 1. The Labute approximate surface area is 165 Å². The van der Waals surface area contributed by atoms with Gasteiger partial charge in [0.1, 0.15) is 17.6 Å². The number of nitrogens with one attached hydrogen (secondary N) is 1. The van der Waals surface area contributed by atoms with Gasteiger partial charge in [0, 0.05) is 20.3 Å². The summed E-state index contributed by atoms with van der Waals surface area (Å²) in [5.41, 5.74) is -0.858. The lowest BCUT2D eigenvalue weighted by molar-refractivity contribution is -0.127. The van der Waals surface area contributed by atoms with Crippen molar-refractivity contribution < 1.29 is 23.5 Å². The van der Waals surface area contributed by atoms with Crippen LogP contribution in [0.2, 0.25) is 0 Å². The van der Waals surface area contributed by atoms with Gasteiger partial charge in [-0.25, -0.2) is 4.39 Å². The first-order valence-electron chi connectivity index (χ1n) is 9.97. The second kappa shape index (κ2) is 9.01. The lowest BCUT2D eigenvalue weighted by Gasteiger charge is -2.43. The largest absolute Gasteiger partial charge is 0.385 e. The van der Waals surface area contributed by atoms with Gasteiger partial charge in [-0.3, -0.25) is 14.5 Å². The van der Waals surface area contributed by atoms with Crippen molar-refractivity contribution in [3.8, 4) is 0 Å². The maximum Gasteiger partial charge on any atom is 0.259 e. The van der Waals surface area contributed by atoms with Crippen LogP contribution in [0.15, 0.2) is 24.3 Å². The second-order valence-electron chi connectivity index (χ2n) is 7.75. The van der Waals surface area contributed by atoms with E-state index in [1.807, 2.05) is 0 Å². The van der Waals surface area contributed by atoms with Crippen molar-refractivity contribution in [3.63, 3.8) is 0 Å². The van der Waals surface area contributed by atoms with E-state index in [1.54, 1.807) is 19.2 Å². The molecule has 1 aromatic rings. The van der Waals surface area contributed by atoms with Crippen molar-refractivity contribution in [2.24, 2.45) is 5.92 Å². The summed E-state index contributed by atoms with van der Waals surface area (Å²) in [5.74, 6) is -0.793. The minimum Gasteiger partial charge on any atom is -0.385 e. The minimum absolute atomic E-state index is 0.0248. The van der Waals surface area contributed by atoms with Gasteiger partial charge < -0.3 is 14.8 Å². The van der Waals surface area contributed by atoms with E-state index in [0.717, 1.165) is 12.8 Å². The molecule has 2 fully saturated rings. The Balaban J connectivity index is 1.84. The van der Waals surface area contributed by atoms with Gasteiger partial charge in [0.25, 0.3) is 5.91 Å². The van der Waals surface area contributed by atoms with Crippen LogP contribution in [-0.2, 0) is 14.3 Å². The lowest BCUT2D eigenvalue weighted by Crippen LogP contribution is -2.57. The Morgan fingerprint density at radius 3 is 2.71 bits per heavy atom. The third-order valence-corrected chi connectivity index (χ3v) is 5.77. The molecule has 1 saturated heterocycles. The zero-order valence-corrected chi connectivity index (χ0v) is 16.6. The lowest BCUT2D eigenvalue weighted by atomic mass is 9.83. The van der Waals surface area contributed by atoms with Crippen LogP contribution in [0, 0.1) is 11.7 Å². The fourth-order valence-corrected chi connectivity index (χ4v) is 4.09. The summed E-state index contributed by atoms with van der Waals surface area (Å²) in [6, 6.07) is 5.14. The summed E-state index contributed by atoms with van der Waals surface area (Å²) >= 11 is 0. The maximum atomic E-state index is 14.3. The summed E-state index contributed by atoms with van der Waals surface area (Å²) in [4.78, 5) is 27.6. The van der Waals surface area contributed by atoms with Crippen LogP contribution < -0.4 is 5.32 Å². The number of amides is 2. The van der Waals surface area contributed by atoms with Crippen molar-refractivity contribution in [2.45, 2.75) is 50.8 Å². The Morgan fingerprint density at radius 2 is 2.04 bits per heavy atom. The molecule has 28 heavy (non-hydrogen) atoms. The molecule has 0 unspecified atom stereocenters. The predicted molar refractivity (Wildman–Crippen MR) is 102 cm³/mol. The molecule has 2 aliphatic rings. The average Bonchev–Trinajstić information content (AvgIpc) is 3.06. The van der Waals surface area contributed by atoms with Crippen LogP contribution in [0.25, 0.3) is 0 Å². The van der Waals surface area contributed by atoms with Gasteiger partial charge >= 0.3 is 0 Å². The van der Waals surface area contributed by atoms with E-state index in [0.29, 0.717) is 38.3 Å². The van der Waals surface area contributed by atoms with Gasteiger partial charge in [0.2, 0.25) is 5.91 Å². The van der Waals surface area contributed by atoms with Crippen molar-refractivity contribution in [1.29, 1.82) is 0 Å². The molecular weight excluding hydrogens is 363 g/mol. The number of hydrogen-bond acceptors (Lipinski definition) is 4. The van der Waals surface area contributed by atoms with Crippen LogP contribution >= 0.6 is 0 Å². The molecule has 1 spiro atoms. The van der Waals surface area contributed by atoms with E-state index in [-0.39, 0.29) is 18.1 Å². The van der Waals surface area contributed by atoms with E-state index >= 15 is 0 Å². The average molecular weight is 392 g/mol. The standard InChI is InChI=1S/C21H29FN2O4/c1-15-8-10-21(11-9-15)24(20(26)16-6-3-4-7-17(16)22)18(14-28-21)19(25)23-12-5-13-27-2/h3-4,6-7,15,18H,5,8-14H2,1-2H3,(H,23,25)/t15?,18-,21?/m0/s1. The van der Waals surface area contributed by atoms with E-state index in [4.69, 9.17) is 9.47 Å². The van der Waals surface area contributed by atoms with Crippen LogP contribution in [0.1, 0.15) is 49.4 Å². The van der Waals surface area contributed by atoms with Crippen LogP contribution in [-0.4, -0.2) is 55.3 Å². The Hall–Kier alpha value is -1.99. The number of benzene rings is 1. The molecule has 0 aromatic heterocycles. The third-order valence-electron chi connectivity index (χ3n) is 5.77. The van der Waals surface area contributed by atoms with Gasteiger partial charge in [-0.15, -0.1) is 0 Å². The highest BCUT2D eigenvalue weighted by molar-refractivity contribution is 5.98. The zero-order valence-electron chi connectivity index (χ0n) is 16.6. The fourth-order valence-electron chi connectivity index (χ4n) is 4.09. The first-order valence-corrected chi connectivity index (χ1v) is 9.97. The van der Waals surface area contributed by atoms with Crippen molar-refractivity contribution in [3.05, 3.63) is 35.6 Å². The second-order valence-corrected chi connectivity index (χ2v) is 7.75. The number of ether oxygens (including phenoxy) is 2. The molecular formula is C21H29FN2O4. The van der Waals surface area contributed by atoms with Gasteiger partial charge in [-0.05, 0) is 50.2 Å². The van der Waals surface area contributed by atoms with E-state index < -0.39 is 23.5 Å². The topological polar surface area (TPSA) is 67.9 Å². The minimum atomic E-state index is -0.833. The van der Waals surface area contributed by atoms with Crippen LogP contribution in [0.3, 0.4) is 0 Å². The molecule has 0 bridgehead atoms. The molecule has 6 nitrogen and oxygen atoms in total. The molecule has 1 aliphatic carbocycles. The summed E-state index contributed by atoms with van der Waals surface area (Å²) in [5, 5.41) is 2.85. The molecule has 1 atom stereocenters. The van der Waals surface area contributed by atoms with Crippen molar-refractivity contribution in [2.75, 3.05) is 26.9 Å². The number of hydrogen-bond donors (Lipinski definition) is 1. The van der Waals surface area contributed by atoms with Gasteiger partial charge in [0.05, 0.1) is 12.2 Å². The quantitative estimate of drug-likeness (QED) is 0.756. The van der Waals surface area contributed by atoms with Gasteiger partial charge in [-0.2, -0.15) is 0 Å². The predicted octanol–water partition coefficient (Wildman–Crippen LogP) is 2.73. The smallest absolute Gasteiger partial charge is 0.259 e. The number of methoxy groups -OCH3 is 1. The first kappa shape index (κ1) is 20.7. The summed E-state index contributed by atoms with van der Waals surface area (Å²) < 4.78 is 25.4. The van der Waals surface area contributed by atoms with E-state index in [9.17, 15) is 14.0 Å². The molecule has 1 saturated carbocycles. The molecule has 7 heteroatoms. The maximum absolute atomic E-state index is 14.3. The highest BCUT2D eigenvalue weighted by Gasteiger charge is 2.53. The molecule has 1 aliphatic heterocycles. The van der Waals surface area contributed by atoms with Gasteiger partial charge in [-0.1, -0.05) is 19.1 Å². The Kier molecular flexibility index (Phi) is 6.67. The van der Waals surface area contributed by atoms with E-state index in [1.165, 1.54) is 17.0 Å². The SMILES string of the molecule is COCCCNC(=O)[C@@H]1COC2(CCC(C)CC2)N1C(=O)c1ccccc1F. The molecule has 3 rings (SSSR count). The van der Waals surface area contributed by atoms with Crippen LogP contribution in [0.5, 0.6) is 0 Å². The van der Waals surface area contributed by atoms with Crippen molar-refractivity contribution in [1.82, 2.24) is 10.2 Å². The molecule has 1 heterocycles. The highest BCUT2D eigenvalue weighted by Crippen LogP contribution is 2.43. The van der Waals surface area contributed by atoms with Crippen molar-refractivity contribution >= 4 is 11.8 Å². The Bertz CT molecular complexity index is 703. The normalized spacial score (nSPS) is 27.2. The third kappa shape index (κ3) is 4.20. The Morgan fingerprint density at radius 1 is 1.32 bits per heavy atom. The highest BCUT2D eigenvalue weighted by atomic mass is 19.1. The first-order chi connectivity index (χ1) is 13.5. The van der Waals surface area contributed by atoms with Crippen LogP contribution in [0.4, 0.5) is 4.39 Å². The fraction of sp³-hybridized carbons (Fsp3) is 0.619. The molecule has 1 aromatic carbocycles. The number of carbonyl (C=O) groups excluding carboxylic acids is 2. The summed E-state index contributed by atoms with van der Waals surface area (Å²) in [6.45, 7) is 3.30. The van der Waals surface area contributed by atoms with Gasteiger partial charge in [0.15, 0.2) is 0 Å². The monoisotopic (exact) mass is 392 g/mol. The van der Waals surface area contributed by atoms with E-state index in [2.05, 4.69) is 12.2 Å². The number of rotatable bonds is 6. The number of halogens is 1. The molecule has 1 N–H and O–H groups in total. The molecule has 2 amide bonds. The summed E-state index contributed by atoms with van der Waals surface area (Å²) in [7, 11) is 1.61. The number of carbonyl (C=O) groups is 2.